The topological polar surface area (TPSA) is 15.3 Å². The van der Waals surface area contributed by atoms with Crippen LogP contribution in [-0.4, -0.2) is 30.1 Å². The molecule has 1 heterocycles. The van der Waals surface area contributed by atoms with Crippen molar-refractivity contribution in [2.75, 3.05) is 13.1 Å². The Bertz CT molecular complexity index is 372. The van der Waals surface area contributed by atoms with Crippen LogP contribution in [0.1, 0.15) is 31.7 Å². The third-order valence-electron chi connectivity index (χ3n) is 4.27. The third-order valence-corrected chi connectivity index (χ3v) is 4.27. The molecule has 18 heavy (non-hydrogen) atoms. The Balaban J connectivity index is 1.51. The van der Waals surface area contributed by atoms with Gasteiger partial charge in [-0.1, -0.05) is 37.3 Å². The highest BCUT2D eigenvalue weighted by atomic mass is 15.2. The summed E-state index contributed by atoms with van der Waals surface area (Å²) in [6.45, 7) is 5.99. The van der Waals surface area contributed by atoms with Crippen molar-refractivity contribution in [1.29, 1.82) is 0 Å². The van der Waals surface area contributed by atoms with E-state index in [1.807, 2.05) is 0 Å². The molecule has 1 saturated heterocycles. The average Bonchev–Trinajstić information content (AvgIpc) is 3.18. The summed E-state index contributed by atoms with van der Waals surface area (Å²) in [4.78, 5) is 2.60. The van der Waals surface area contributed by atoms with E-state index < -0.39 is 0 Å². The summed E-state index contributed by atoms with van der Waals surface area (Å²) in [7, 11) is 0. The molecule has 1 saturated carbocycles. The van der Waals surface area contributed by atoms with E-state index in [4.69, 9.17) is 0 Å². The quantitative estimate of drug-likeness (QED) is 0.876. The van der Waals surface area contributed by atoms with Gasteiger partial charge >= 0.3 is 0 Å². The maximum absolute atomic E-state index is 3.80. The van der Waals surface area contributed by atoms with Gasteiger partial charge in [0.1, 0.15) is 0 Å². The molecule has 2 atom stereocenters. The zero-order chi connectivity index (χ0) is 12.4. The Morgan fingerprint density at radius 2 is 1.94 bits per heavy atom. The SMILES string of the molecule is C[C@H]1CN(Cc2ccccc2)CC[C@H]1NC1CC1. The van der Waals surface area contributed by atoms with Crippen molar-refractivity contribution in [3.63, 3.8) is 0 Å². The minimum absolute atomic E-state index is 0.754. The van der Waals surface area contributed by atoms with Crippen LogP contribution in [0.3, 0.4) is 0 Å². The molecule has 0 amide bonds. The molecule has 1 N–H and O–H groups in total. The molecule has 0 bridgehead atoms. The third kappa shape index (κ3) is 3.12. The first-order chi connectivity index (χ1) is 8.81. The molecule has 2 heteroatoms. The Hall–Kier alpha value is -0.860. The predicted molar refractivity (Wildman–Crippen MR) is 75.4 cm³/mol. The van der Waals surface area contributed by atoms with Gasteiger partial charge in [-0.05, 0) is 37.3 Å². The first-order valence-corrected chi connectivity index (χ1v) is 7.33. The molecular formula is C16H24N2. The standard InChI is InChI=1S/C16H24N2/c1-13-11-18(12-14-5-3-2-4-6-14)10-9-16(13)17-15-7-8-15/h2-6,13,15-17H,7-12H2,1H3/t13-,16+/m0/s1. The lowest BCUT2D eigenvalue weighted by Crippen LogP contribution is -2.48. The predicted octanol–water partition coefficient (Wildman–Crippen LogP) is 2.65. The van der Waals surface area contributed by atoms with E-state index in [9.17, 15) is 0 Å². The van der Waals surface area contributed by atoms with Crippen LogP contribution in [0.2, 0.25) is 0 Å². The maximum atomic E-state index is 3.80. The van der Waals surface area contributed by atoms with Crippen molar-refractivity contribution < 1.29 is 0 Å². The number of rotatable bonds is 4. The first-order valence-electron chi connectivity index (χ1n) is 7.33. The van der Waals surface area contributed by atoms with E-state index in [2.05, 4.69) is 47.5 Å². The molecular weight excluding hydrogens is 220 g/mol. The van der Waals surface area contributed by atoms with Crippen molar-refractivity contribution in [3.8, 4) is 0 Å². The van der Waals surface area contributed by atoms with Crippen LogP contribution in [0.25, 0.3) is 0 Å². The second-order valence-corrected chi connectivity index (χ2v) is 6.03. The lowest BCUT2D eigenvalue weighted by Gasteiger charge is -2.37. The van der Waals surface area contributed by atoms with Gasteiger partial charge in [-0.15, -0.1) is 0 Å². The molecule has 3 rings (SSSR count). The minimum Gasteiger partial charge on any atom is -0.311 e. The summed E-state index contributed by atoms with van der Waals surface area (Å²) in [5.41, 5.74) is 1.44. The highest BCUT2D eigenvalue weighted by Gasteiger charge is 2.31. The number of benzene rings is 1. The summed E-state index contributed by atoms with van der Waals surface area (Å²) in [5, 5.41) is 3.80. The van der Waals surface area contributed by atoms with Crippen LogP contribution < -0.4 is 5.32 Å². The molecule has 0 spiro atoms. The van der Waals surface area contributed by atoms with E-state index in [1.165, 1.54) is 37.9 Å². The zero-order valence-electron chi connectivity index (χ0n) is 11.3. The average molecular weight is 244 g/mol. The van der Waals surface area contributed by atoms with Crippen molar-refractivity contribution >= 4 is 0 Å². The molecule has 2 aliphatic rings. The number of likely N-dealkylation sites (tertiary alicyclic amines) is 1. The van der Waals surface area contributed by atoms with Crippen molar-refractivity contribution in [2.24, 2.45) is 5.92 Å². The van der Waals surface area contributed by atoms with E-state index >= 15 is 0 Å². The highest BCUT2D eigenvalue weighted by molar-refractivity contribution is 5.14. The largest absolute Gasteiger partial charge is 0.311 e. The monoisotopic (exact) mass is 244 g/mol. The van der Waals surface area contributed by atoms with Crippen LogP contribution in [0, 0.1) is 5.92 Å². The minimum atomic E-state index is 0.754. The van der Waals surface area contributed by atoms with Crippen molar-refractivity contribution in [2.45, 2.75) is 44.8 Å². The second-order valence-electron chi connectivity index (χ2n) is 6.03. The van der Waals surface area contributed by atoms with E-state index in [1.54, 1.807) is 0 Å². The Kier molecular flexibility index (Phi) is 3.67. The van der Waals surface area contributed by atoms with Gasteiger partial charge < -0.3 is 5.32 Å². The molecule has 0 radical (unpaired) electrons. The smallest absolute Gasteiger partial charge is 0.0233 e. The molecule has 0 aromatic heterocycles. The van der Waals surface area contributed by atoms with Gasteiger partial charge in [0.05, 0.1) is 0 Å². The molecule has 1 aromatic rings. The maximum Gasteiger partial charge on any atom is 0.0233 e. The molecule has 1 aromatic carbocycles. The fourth-order valence-corrected chi connectivity index (χ4v) is 3.02. The van der Waals surface area contributed by atoms with Gasteiger partial charge in [-0.25, -0.2) is 0 Å². The van der Waals surface area contributed by atoms with Gasteiger partial charge in [-0.2, -0.15) is 0 Å². The molecule has 1 aliphatic carbocycles. The van der Waals surface area contributed by atoms with Gasteiger partial charge in [0.25, 0.3) is 0 Å². The van der Waals surface area contributed by atoms with Crippen molar-refractivity contribution in [1.82, 2.24) is 10.2 Å². The summed E-state index contributed by atoms with van der Waals surface area (Å²) in [5.74, 6) is 0.781. The summed E-state index contributed by atoms with van der Waals surface area (Å²) in [6.07, 6.45) is 4.11. The molecule has 2 nitrogen and oxygen atoms in total. The Labute approximate surface area is 110 Å². The lowest BCUT2D eigenvalue weighted by molar-refractivity contribution is 0.140. The molecule has 1 aliphatic heterocycles. The summed E-state index contributed by atoms with van der Waals surface area (Å²) < 4.78 is 0. The molecule has 0 unspecified atom stereocenters. The van der Waals surface area contributed by atoms with Crippen LogP contribution in [0.15, 0.2) is 30.3 Å². The second kappa shape index (κ2) is 5.41. The lowest BCUT2D eigenvalue weighted by atomic mass is 9.93. The first kappa shape index (κ1) is 12.2. The number of piperidine rings is 1. The Morgan fingerprint density at radius 1 is 1.17 bits per heavy atom. The molecule has 2 fully saturated rings. The van der Waals surface area contributed by atoms with Gasteiger partial charge in [0, 0.05) is 25.2 Å². The zero-order valence-corrected chi connectivity index (χ0v) is 11.3. The van der Waals surface area contributed by atoms with E-state index in [0.717, 1.165) is 24.5 Å². The highest BCUT2D eigenvalue weighted by Crippen LogP contribution is 2.25. The molecule has 98 valence electrons. The normalized spacial score (nSPS) is 29.4. The van der Waals surface area contributed by atoms with E-state index in [-0.39, 0.29) is 0 Å². The number of nitrogens with one attached hydrogen (secondary N) is 1. The summed E-state index contributed by atoms with van der Waals surface area (Å²) in [6, 6.07) is 12.4. The number of nitrogens with zero attached hydrogens (tertiary/aromatic N) is 1. The van der Waals surface area contributed by atoms with Crippen LogP contribution in [0.5, 0.6) is 0 Å². The van der Waals surface area contributed by atoms with Crippen LogP contribution in [0.4, 0.5) is 0 Å². The summed E-state index contributed by atoms with van der Waals surface area (Å²) >= 11 is 0. The van der Waals surface area contributed by atoms with Gasteiger partial charge in [0.2, 0.25) is 0 Å². The van der Waals surface area contributed by atoms with Crippen LogP contribution in [-0.2, 0) is 6.54 Å². The number of hydrogen-bond acceptors (Lipinski definition) is 2. The Morgan fingerprint density at radius 3 is 2.61 bits per heavy atom. The fourth-order valence-electron chi connectivity index (χ4n) is 3.02. The van der Waals surface area contributed by atoms with Gasteiger partial charge in [-0.3, -0.25) is 4.90 Å². The van der Waals surface area contributed by atoms with E-state index in [0.29, 0.717) is 0 Å². The van der Waals surface area contributed by atoms with Crippen LogP contribution >= 0.6 is 0 Å². The van der Waals surface area contributed by atoms with Crippen molar-refractivity contribution in [3.05, 3.63) is 35.9 Å². The van der Waals surface area contributed by atoms with Gasteiger partial charge in [0.15, 0.2) is 0 Å². The fraction of sp³-hybridized carbons (Fsp3) is 0.625. The number of hydrogen-bond donors (Lipinski definition) is 1.